The molecule has 0 rings (SSSR count). The maximum atomic E-state index is 11.3. The molecule has 4 heteroatoms. The van der Waals surface area contributed by atoms with Crippen LogP contribution in [0.1, 0.15) is 27.2 Å². The SMILES string of the molecule is CCC(C(N)=O)N(CCOC)CC(C)C. The van der Waals surface area contributed by atoms with E-state index in [0.29, 0.717) is 12.5 Å². The summed E-state index contributed by atoms with van der Waals surface area (Å²) in [4.78, 5) is 13.4. The van der Waals surface area contributed by atoms with Crippen molar-refractivity contribution in [1.29, 1.82) is 0 Å². The highest BCUT2D eigenvalue weighted by Crippen LogP contribution is 2.07. The third-order valence-electron chi connectivity index (χ3n) is 2.34. The second-order valence-electron chi connectivity index (χ2n) is 4.21. The number of nitrogens with two attached hydrogens (primary N) is 1. The first-order valence-electron chi connectivity index (χ1n) is 5.55. The first-order chi connectivity index (χ1) is 7.02. The number of primary amides is 1. The summed E-state index contributed by atoms with van der Waals surface area (Å²) < 4.78 is 5.03. The summed E-state index contributed by atoms with van der Waals surface area (Å²) in [5, 5.41) is 0. The van der Waals surface area contributed by atoms with E-state index in [1.165, 1.54) is 0 Å². The number of methoxy groups -OCH3 is 1. The van der Waals surface area contributed by atoms with E-state index in [4.69, 9.17) is 10.5 Å². The molecule has 15 heavy (non-hydrogen) atoms. The molecular weight excluding hydrogens is 192 g/mol. The van der Waals surface area contributed by atoms with Gasteiger partial charge in [0.05, 0.1) is 12.6 Å². The van der Waals surface area contributed by atoms with E-state index in [1.807, 2.05) is 6.92 Å². The van der Waals surface area contributed by atoms with Crippen LogP contribution in [-0.2, 0) is 9.53 Å². The highest BCUT2D eigenvalue weighted by atomic mass is 16.5. The molecule has 0 aromatic heterocycles. The van der Waals surface area contributed by atoms with E-state index in [1.54, 1.807) is 7.11 Å². The minimum Gasteiger partial charge on any atom is -0.383 e. The van der Waals surface area contributed by atoms with Crippen molar-refractivity contribution in [2.24, 2.45) is 11.7 Å². The van der Waals surface area contributed by atoms with Crippen molar-refractivity contribution in [3.05, 3.63) is 0 Å². The van der Waals surface area contributed by atoms with Gasteiger partial charge in [0, 0.05) is 20.2 Å². The van der Waals surface area contributed by atoms with Crippen molar-refractivity contribution < 1.29 is 9.53 Å². The molecule has 0 aliphatic rings. The zero-order chi connectivity index (χ0) is 11.8. The Morgan fingerprint density at radius 3 is 2.40 bits per heavy atom. The monoisotopic (exact) mass is 216 g/mol. The molecule has 0 spiro atoms. The molecule has 1 atom stereocenters. The molecule has 0 heterocycles. The minimum atomic E-state index is -0.241. The molecule has 0 bridgehead atoms. The molecule has 0 aliphatic carbocycles. The van der Waals surface area contributed by atoms with Crippen LogP contribution in [0.4, 0.5) is 0 Å². The average Bonchev–Trinajstić information content (AvgIpc) is 2.13. The molecule has 0 aromatic rings. The quantitative estimate of drug-likeness (QED) is 0.654. The van der Waals surface area contributed by atoms with Gasteiger partial charge in [-0.2, -0.15) is 0 Å². The van der Waals surface area contributed by atoms with Crippen LogP contribution in [0.25, 0.3) is 0 Å². The van der Waals surface area contributed by atoms with Gasteiger partial charge in [-0.1, -0.05) is 20.8 Å². The highest BCUT2D eigenvalue weighted by molar-refractivity contribution is 5.79. The van der Waals surface area contributed by atoms with E-state index in [0.717, 1.165) is 19.5 Å². The summed E-state index contributed by atoms with van der Waals surface area (Å²) in [7, 11) is 1.67. The summed E-state index contributed by atoms with van der Waals surface area (Å²) in [6.45, 7) is 8.52. The molecule has 1 unspecified atom stereocenters. The average molecular weight is 216 g/mol. The van der Waals surface area contributed by atoms with Gasteiger partial charge in [-0.05, 0) is 12.3 Å². The minimum absolute atomic E-state index is 0.164. The number of hydrogen-bond acceptors (Lipinski definition) is 3. The van der Waals surface area contributed by atoms with Crippen molar-refractivity contribution in [3.8, 4) is 0 Å². The second kappa shape index (κ2) is 7.65. The van der Waals surface area contributed by atoms with Crippen molar-refractivity contribution in [2.75, 3.05) is 26.8 Å². The van der Waals surface area contributed by atoms with Crippen LogP contribution in [0.5, 0.6) is 0 Å². The fourth-order valence-corrected chi connectivity index (χ4v) is 1.69. The Kier molecular flexibility index (Phi) is 7.34. The van der Waals surface area contributed by atoms with Crippen LogP contribution in [0.15, 0.2) is 0 Å². The van der Waals surface area contributed by atoms with Crippen LogP contribution >= 0.6 is 0 Å². The normalized spacial score (nSPS) is 13.5. The lowest BCUT2D eigenvalue weighted by atomic mass is 10.1. The molecule has 0 aliphatic heterocycles. The van der Waals surface area contributed by atoms with Gasteiger partial charge in [-0.15, -0.1) is 0 Å². The molecule has 0 aromatic carbocycles. The fraction of sp³-hybridized carbons (Fsp3) is 0.909. The van der Waals surface area contributed by atoms with E-state index in [9.17, 15) is 4.79 Å². The van der Waals surface area contributed by atoms with Crippen molar-refractivity contribution in [1.82, 2.24) is 4.90 Å². The smallest absolute Gasteiger partial charge is 0.234 e. The van der Waals surface area contributed by atoms with Crippen LogP contribution in [-0.4, -0.2) is 43.7 Å². The first kappa shape index (κ1) is 14.4. The van der Waals surface area contributed by atoms with Gasteiger partial charge in [0.15, 0.2) is 0 Å². The number of carbonyl (C=O) groups is 1. The van der Waals surface area contributed by atoms with E-state index >= 15 is 0 Å². The maximum absolute atomic E-state index is 11.3. The lowest BCUT2D eigenvalue weighted by Crippen LogP contribution is -2.47. The van der Waals surface area contributed by atoms with Crippen molar-refractivity contribution >= 4 is 5.91 Å². The number of carbonyl (C=O) groups excluding carboxylic acids is 1. The third kappa shape index (κ3) is 5.74. The Balaban J connectivity index is 4.35. The predicted molar refractivity (Wildman–Crippen MR) is 61.6 cm³/mol. The Morgan fingerprint density at radius 1 is 1.47 bits per heavy atom. The van der Waals surface area contributed by atoms with Gasteiger partial charge < -0.3 is 10.5 Å². The Labute approximate surface area is 92.8 Å². The summed E-state index contributed by atoms with van der Waals surface area (Å²) in [6, 6.07) is -0.164. The summed E-state index contributed by atoms with van der Waals surface area (Å²) in [6.07, 6.45) is 0.756. The van der Waals surface area contributed by atoms with Gasteiger partial charge in [-0.3, -0.25) is 9.69 Å². The topological polar surface area (TPSA) is 55.6 Å². The van der Waals surface area contributed by atoms with Crippen LogP contribution in [0.3, 0.4) is 0 Å². The highest BCUT2D eigenvalue weighted by Gasteiger charge is 2.22. The number of ether oxygens (including phenoxy) is 1. The van der Waals surface area contributed by atoms with Crippen molar-refractivity contribution in [3.63, 3.8) is 0 Å². The number of hydrogen-bond donors (Lipinski definition) is 1. The largest absolute Gasteiger partial charge is 0.383 e. The molecule has 0 fully saturated rings. The van der Waals surface area contributed by atoms with E-state index in [-0.39, 0.29) is 11.9 Å². The summed E-state index contributed by atoms with van der Waals surface area (Å²) >= 11 is 0. The van der Waals surface area contributed by atoms with Crippen molar-refractivity contribution in [2.45, 2.75) is 33.2 Å². The zero-order valence-electron chi connectivity index (χ0n) is 10.3. The molecule has 4 nitrogen and oxygen atoms in total. The Morgan fingerprint density at radius 2 is 2.07 bits per heavy atom. The molecule has 0 radical (unpaired) electrons. The number of amides is 1. The Bertz CT molecular complexity index is 183. The summed E-state index contributed by atoms with van der Waals surface area (Å²) in [5.74, 6) is 0.282. The predicted octanol–water partition coefficient (Wildman–Crippen LogP) is 0.855. The molecule has 90 valence electrons. The molecule has 0 saturated heterocycles. The van der Waals surface area contributed by atoms with Gasteiger partial charge in [0.2, 0.25) is 5.91 Å². The lowest BCUT2D eigenvalue weighted by Gasteiger charge is -2.30. The van der Waals surface area contributed by atoms with Crippen LogP contribution in [0, 0.1) is 5.92 Å². The van der Waals surface area contributed by atoms with Gasteiger partial charge in [0.25, 0.3) is 0 Å². The number of nitrogens with zero attached hydrogens (tertiary/aromatic N) is 1. The van der Waals surface area contributed by atoms with Crippen LogP contribution < -0.4 is 5.73 Å². The second-order valence-corrected chi connectivity index (χ2v) is 4.21. The lowest BCUT2D eigenvalue weighted by molar-refractivity contribution is -0.123. The van der Waals surface area contributed by atoms with Crippen LogP contribution in [0.2, 0.25) is 0 Å². The molecule has 2 N–H and O–H groups in total. The maximum Gasteiger partial charge on any atom is 0.234 e. The van der Waals surface area contributed by atoms with E-state index < -0.39 is 0 Å². The number of rotatable bonds is 8. The van der Waals surface area contributed by atoms with Gasteiger partial charge >= 0.3 is 0 Å². The van der Waals surface area contributed by atoms with Gasteiger partial charge in [0.1, 0.15) is 0 Å². The standard InChI is InChI=1S/C11H24N2O2/c1-5-10(11(12)14)13(6-7-15-4)8-9(2)3/h9-10H,5-8H2,1-4H3,(H2,12,14). The zero-order valence-corrected chi connectivity index (χ0v) is 10.3. The molecule has 1 amide bonds. The van der Waals surface area contributed by atoms with Gasteiger partial charge in [-0.25, -0.2) is 0 Å². The Hall–Kier alpha value is -0.610. The summed E-state index contributed by atoms with van der Waals surface area (Å²) in [5.41, 5.74) is 5.37. The molecule has 0 saturated carbocycles. The molecular formula is C11H24N2O2. The third-order valence-corrected chi connectivity index (χ3v) is 2.34. The van der Waals surface area contributed by atoms with E-state index in [2.05, 4.69) is 18.7 Å². The fourth-order valence-electron chi connectivity index (χ4n) is 1.69. The first-order valence-corrected chi connectivity index (χ1v) is 5.55.